The first-order chi connectivity index (χ1) is 11.5. The first kappa shape index (κ1) is 16.5. The molecule has 1 aromatic heterocycles. The molecule has 7 heteroatoms. The fourth-order valence-corrected chi connectivity index (χ4v) is 2.55. The molecule has 122 valence electrons. The van der Waals surface area contributed by atoms with Crippen LogP contribution in [0.25, 0.3) is 11.4 Å². The summed E-state index contributed by atoms with van der Waals surface area (Å²) in [6.07, 6.45) is 0. The molecule has 2 aromatic carbocycles. The predicted molar refractivity (Wildman–Crippen MR) is 92.1 cm³/mol. The van der Waals surface area contributed by atoms with Gasteiger partial charge < -0.3 is 9.84 Å². The second-order valence-electron chi connectivity index (χ2n) is 5.14. The highest BCUT2D eigenvalue weighted by Gasteiger charge is 2.19. The number of amides is 1. The second kappa shape index (κ2) is 7.03. The third-order valence-electron chi connectivity index (χ3n) is 3.36. The van der Waals surface area contributed by atoms with Crippen LogP contribution in [0.1, 0.15) is 29.2 Å². The number of halogens is 2. The lowest BCUT2D eigenvalue weighted by Gasteiger charge is -2.10. The molecule has 5 nitrogen and oxygen atoms in total. The number of rotatable bonds is 4. The molecule has 1 N–H and O–H groups in total. The molecule has 3 aromatic rings. The molecule has 0 radical (unpaired) electrons. The smallest absolute Gasteiger partial charge is 0.253 e. The van der Waals surface area contributed by atoms with E-state index in [-0.39, 0.29) is 5.91 Å². The first-order valence-electron chi connectivity index (χ1n) is 7.19. The van der Waals surface area contributed by atoms with Crippen molar-refractivity contribution in [1.82, 2.24) is 15.5 Å². The van der Waals surface area contributed by atoms with Gasteiger partial charge in [0.05, 0.1) is 10.6 Å². The number of carbonyl (C=O) groups excluding carboxylic acids is 1. The molecule has 0 saturated heterocycles. The van der Waals surface area contributed by atoms with Crippen molar-refractivity contribution in [3.05, 3.63) is 70.0 Å². The third kappa shape index (κ3) is 3.58. The summed E-state index contributed by atoms with van der Waals surface area (Å²) in [5.74, 6) is 0.396. The Morgan fingerprint density at radius 3 is 2.71 bits per heavy atom. The van der Waals surface area contributed by atoms with Crippen molar-refractivity contribution in [1.29, 1.82) is 0 Å². The Morgan fingerprint density at radius 1 is 1.17 bits per heavy atom. The van der Waals surface area contributed by atoms with Crippen LogP contribution in [0.2, 0.25) is 10.0 Å². The highest BCUT2D eigenvalue weighted by Crippen LogP contribution is 2.22. The largest absolute Gasteiger partial charge is 0.340 e. The Labute approximate surface area is 148 Å². The van der Waals surface area contributed by atoms with Gasteiger partial charge in [0, 0.05) is 10.6 Å². The number of aromatic nitrogens is 2. The maximum absolute atomic E-state index is 12.3. The first-order valence-corrected chi connectivity index (χ1v) is 7.95. The zero-order valence-electron chi connectivity index (χ0n) is 12.7. The Hall–Kier alpha value is -2.37. The van der Waals surface area contributed by atoms with Crippen molar-refractivity contribution in [2.75, 3.05) is 0 Å². The van der Waals surface area contributed by atoms with E-state index in [0.29, 0.717) is 27.3 Å². The SMILES string of the molecule is C[C@@H](NC(=O)c1ccccc1Cl)c1nc(-c2cccc(Cl)c2)no1. The van der Waals surface area contributed by atoms with E-state index in [0.717, 1.165) is 5.56 Å². The molecular weight excluding hydrogens is 349 g/mol. The van der Waals surface area contributed by atoms with Crippen LogP contribution < -0.4 is 5.32 Å². The number of hydrogen-bond acceptors (Lipinski definition) is 4. The summed E-state index contributed by atoms with van der Waals surface area (Å²) in [4.78, 5) is 16.6. The van der Waals surface area contributed by atoms with Crippen molar-refractivity contribution in [3.63, 3.8) is 0 Å². The average molecular weight is 362 g/mol. The fraction of sp³-hybridized carbons (Fsp3) is 0.118. The van der Waals surface area contributed by atoms with Crippen LogP contribution in [-0.4, -0.2) is 16.0 Å². The Morgan fingerprint density at radius 2 is 1.96 bits per heavy atom. The molecule has 24 heavy (non-hydrogen) atoms. The van der Waals surface area contributed by atoms with Gasteiger partial charge in [0.2, 0.25) is 11.7 Å². The van der Waals surface area contributed by atoms with Crippen molar-refractivity contribution in [3.8, 4) is 11.4 Å². The third-order valence-corrected chi connectivity index (χ3v) is 3.93. The molecule has 1 heterocycles. The predicted octanol–water partition coefficient (Wildman–Crippen LogP) is 4.53. The molecule has 0 unspecified atom stereocenters. The van der Waals surface area contributed by atoms with Gasteiger partial charge in [0.1, 0.15) is 6.04 Å². The van der Waals surface area contributed by atoms with Gasteiger partial charge in [-0.15, -0.1) is 0 Å². The lowest BCUT2D eigenvalue weighted by Crippen LogP contribution is -2.27. The monoisotopic (exact) mass is 361 g/mol. The van der Waals surface area contributed by atoms with E-state index >= 15 is 0 Å². The Balaban J connectivity index is 1.75. The molecule has 1 atom stereocenters. The molecule has 0 aliphatic rings. The zero-order valence-corrected chi connectivity index (χ0v) is 14.2. The summed E-state index contributed by atoms with van der Waals surface area (Å²) in [6.45, 7) is 1.75. The van der Waals surface area contributed by atoms with Gasteiger partial charge >= 0.3 is 0 Å². The van der Waals surface area contributed by atoms with Crippen LogP contribution in [0.4, 0.5) is 0 Å². The number of nitrogens with zero attached hydrogens (tertiary/aromatic N) is 2. The van der Waals surface area contributed by atoms with Crippen LogP contribution in [0.3, 0.4) is 0 Å². The van der Waals surface area contributed by atoms with Gasteiger partial charge in [-0.05, 0) is 31.2 Å². The fourth-order valence-electron chi connectivity index (χ4n) is 2.14. The van der Waals surface area contributed by atoms with Gasteiger partial charge in [-0.2, -0.15) is 4.98 Å². The quantitative estimate of drug-likeness (QED) is 0.740. The van der Waals surface area contributed by atoms with Gasteiger partial charge in [-0.3, -0.25) is 4.79 Å². The topological polar surface area (TPSA) is 68.0 Å². The van der Waals surface area contributed by atoms with Crippen molar-refractivity contribution in [2.45, 2.75) is 13.0 Å². The van der Waals surface area contributed by atoms with Crippen LogP contribution in [-0.2, 0) is 0 Å². The standard InChI is InChI=1S/C17H13Cl2N3O2/c1-10(20-16(23)13-7-2-3-8-14(13)19)17-21-15(22-24-17)11-5-4-6-12(18)9-11/h2-10H,1H3,(H,20,23)/t10-/m1/s1. The molecule has 0 aliphatic carbocycles. The van der Waals surface area contributed by atoms with Gasteiger partial charge in [-0.25, -0.2) is 0 Å². The molecule has 0 bridgehead atoms. The minimum Gasteiger partial charge on any atom is -0.340 e. The van der Waals surface area contributed by atoms with E-state index in [1.54, 1.807) is 49.4 Å². The Kier molecular flexibility index (Phi) is 4.83. The molecule has 3 rings (SSSR count). The maximum atomic E-state index is 12.3. The van der Waals surface area contributed by atoms with E-state index in [9.17, 15) is 4.79 Å². The van der Waals surface area contributed by atoms with E-state index in [1.165, 1.54) is 0 Å². The lowest BCUT2D eigenvalue weighted by molar-refractivity contribution is 0.0932. The highest BCUT2D eigenvalue weighted by molar-refractivity contribution is 6.33. The van der Waals surface area contributed by atoms with E-state index in [4.69, 9.17) is 27.7 Å². The second-order valence-corrected chi connectivity index (χ2v) is 5.99. The summed E-state index contributed by atoms with van der Waals surface area (Å²) in [5.41, 5.74) is 1.13. The molecule has 0 spiro atoms. The van der Waals surface area contributed by atoms with Crippen LogP contribution in [0, 0.1) is 0 Å². The molecular formula is C17H13Cl2N3O2. The van der Waals surface area contributed by atoms with Crippen LogP contribution in [0.15, 0.2) is 53.1 Å². The van der Waals surface area contributed by atoms with Crippen LogP contribution in [0.5, 0.6) is 0 Å². The summed E-state index contributed by atoms with van der Waals surface area (Å²) in [7, 11) is 0. The minimum absolute atomic E-state index is 0.297. The van der Waals surface area contributed by atoms with Crippen molar-refractivity contribution in [2.24, 2.45) is 0 Å². The van der Waals surface area contributed by atoms with Crippen molar-refractivity contribution >= 4 is 29.1 Å². The normalized spacial score (nSPS) is 12.0. The minimum atomic E-state index is -0.464. The number of carbonyl (C=O) groups is 1. The molecule has 0 fully saturated rings. The summed E-state index contributed by atoms with van der Waals surface area (Å²) >= 11 is 12.0. The molecule has 0 aliphatic heterocycles. The van der Waals surface area contributed by atoms with Gasteiger partial charge in [0.25, 0.3) is 5.91 Å². The van der Waals surface area contributed by atoms with Gasteiger partial charge in [-0.1, -0.05) is 52.6 Å². The Bertz CT molecular complexity index is 880. The number of hydrogen-bond donors (Lipinski definition) is 1. The zero-order chi connectivity index (χ0) is 17.1. The molecule has 0 saturated carbocycles. The number of benzene rings is 2. The highest BCUT2D eigenvalue weighted by atomic mass is 35.5. The van der Waals surface area contributed by atoms with E-state index in [1.807, 2.05) is 6.07 Å². The maximum Gasteiger partial charge on any atom is 0.253 e. The van der Waals surface area contributed by atoms with Crippen LogP contribution >= 0.6 is 23.2 Å². The number of nitrogens with one attached hydrogen (secondary N) is 1. The lowest BCUT2D eigenvalue weighted by atomic mass is 10.2. The summed E-state index contributed by atoms with van der Waals surface area (Å²) in [5, 5.41) is 7.67. The average Bonchev–Trinajstić information content (AvgIpc) is 3.05. The van der Waals surface area contributed by atoms with E-state index < -0.39 is 6.04 Å². The van der Waals surface area contributed by atoms with Gasteiger partial charge in [0.15, 0.2) is 0 Å². The molecule has 1 amide bonds. The van der Waals surface area contributed by atoms with E-state index in [2.05, 4.69) is 15.5 Å². The summed E-state index contributed by atoms with van der Waals surface area (Å²) < 4.78 is 5.24. The summed E-state index contributed by atoms with van der Waals surface area (Å²) in [6, 6.07) is 13.5. The van der Waals surface area contributed by atoms with Crippen molar-refractivity contribution < 1.29 is 9.32 Å².